The van der Waals surface area contributed by atoms with Crippen LogP contribution in [0.5, 0.6) is 0 Å². The number of pyridine rings is 1. The average Bonchev–Trinajstić information content (AvgIpc) is 2.82. The molecule has 1 aromatic carbocycles. The summed E-state index contributed by atoms with van der Waals surface area (Å²) >= 11 is 1.12. The zero-order chi connectivity index (χ0) is 23.8. The average molecular weight is 476 g/mol. The summed E-state index contributed by atoms with van der Waals surface area (Å²) in [7, 11) is 0. The summed E-state index contributed by atoms with van der Waals surface area (Å²) in [6.07, 6.45) is -2.89. The molecule has 0 aliphatic heterocycles. The molecule has 0 fully saturated rings. The fraction of sp³-hybridized carbons (Fsp3) is 0.304. The van der Waals surface area contributed by atoms with Crippen LogP contribution < -0.4 is 10.2 Å². The summed E-state index contributed by atoms with van der Waals surface area (Å²) in [4.78, 5) is 26.2. The fourth-order valence-corrected chi connectivity index (χ4v) is 3.82. The van der Waals surface area contributed by atoms with Gasteiger partial charge in [-0.1, -0.05) is 30.0 Å². The molecular formula is C23H24F3N5OS. The van der Waals surface area contributed by atoms with Crippen molar-refractivity contribution in [3.63, 3.8) is 0 Å². The molecule has 1 amide bonds. The quantitative estimate of drug-likeness (QED) is 0.349. The van der Waals surface area contributed by atoms with Crippen LogP contribution in [0.1, 0.15) is 41.2 Å². The fourth-order valence-electron chi connectivity index (χ4n) is 3.01. The number of thioether (sulfide) groups is 1. The zero-order valence-corrected chi connectivity index (χ0v) is 19.1. The van der Waals surface area contributed by atoms with Gasteiger partial charge in [-0.05, 0) is 43.7 Å². The third-order valence-electron chi connectivity index (χ3n) is 4.81. The van der Waals surface area contributed by atoms with Crippen LogP contribution in [-0.4, -0.2) is 33.9 Å². The normalized spacial score (nSPS) is 11.3. The predicted molar refractivity (Wildman–Crippen MR) is 122 cm³/mol. The molecule has 33 heavy (non-hydrogen) atoms. The number of rotatable bonds is 9. The number of hydrogen-bond donors (Lipinski definition) is 1. The number of nitrogens with one attached hydrogen (secondary N) is 1. The summed E-state index contributed by atoms with van der Waals surface area (Å²) < 4.78 is 39.9. The molecular weight excluding hydrogens is 451 g/mol. The summed E-state index contributed by atoms with van der Waals surface area (Å²) in [5, 5.41) is 2.86. The smallest absolute Gasteiger partial charge is 0.357 e. The van der Waals surface area contributed by atoms with E-state index in [-0.39, 0.29) is 16.9 Å². The second-order valence-electron chi connectivity index (χ2n) is 7.05. The van der Waals surface area contributed by atoms with Crippen LogP contribution >= 0.6 is 11.8 Å². The molecule has 0 radical (unpaired) electrons. The number of benzene rings is 1. The van der Waals surface area contributed by atoms with Gasteiger partial charge in [-0.15, -0.1) is 0 Å². The van der Waals surface area contributed by atoms with Crippen molar-refractivity contribution in [2.24, 2.45) is 0 Å². The Bertz CT molecular complexity index is 1060. The standard InChI is InChI=1S/C23H24F3N5OS/c1-3-31(4-2)20-13-19(23(24,25)26)29-22(30-20)33-15-16-8-10-17(11-9-16)21(32)28-14-18-7-5-6-12-27-18/h5-13H,3-4,14-15H2,1-2H3,(H,28,32). The second-order valence-corrected chi connectivity index (χ2v) is 8.00. The molecule has 2 aromatic heterocycles. The van der Waals surface area contributed by atoms with Crippen molar-refractivity contribution in [3.05, 3.63) is 77.2 Å². The number of nitrogens with zero attached hydrogens (tertiary/aromatic N) is 4. The number of carbonyl (C=O) groups is 1. The molecule has 0 saturated heterocycles. The van der Waals surface area contributed by atoms with Gasteiger partial charge < -0.3 is 10.2 Å². The highest BCUT2D eigenvalue weighted by Gasteiger charge is 2.34. The summed E-state index contributed by atoms with van der Waals surface area (Å²) in [5.41, 5.74) is 1.12. The summed E-state index contributed by atoms with van der Waals surface area (Å²) in [6.45, 7) is 5.12. The number of carbonyl (C=O) groups excluding carboxylic acids is 1. The van der Waals surface area contributed by atoms with Crippen LogP contribution in [0.4, 0.5) is 19.0 Å². The monoisotopic (exact) mass is 475 g/mol. The van der Waals surface area contributed by atoms with Crippen molar-refractivity contribution < 1.29 is 18.0 Å². The largest absolute Gasteiger partial charge is 0.433 e. The Morgan fingerprint density at radius 3 is 2.39 bits per heavy atom. The van der Waals surface area contributed by atoms with E-state index in [1.807, 2.05) is 26.0 Å². The Hall–Kier alpha value is -3.14. The summed E-state index contributed by atoms with van der Waals surface area (Å²) in [6, 6.07) is 13.3. The minimum Gasteiger partial charge on any atom is -0.357 e. The van der Waals surface area contributed by atoms with Gasteiger partial charge in [0.05, 0.1) is 12.2 Å². The van der Waals surface area contributed by atoms with Crippen molar-refractivity contribution in [1.29, 1.82) is 0 Å². The topological polar surface area (TPSA) is 71.0 Å². The maximum atomic E-state index is 13.3. The molecule has 2 heterocycles. The molecule has 3 aromatic rings. The van der Waals surface area contributed by atoms with Gasteiger partial charge in [0.15, 0.2) is 10.9 Å². The van der Waals surface area contributed by atoms with Gasteiger partial charge in [0, 0.05) is 36.7 Å². The number of alkyl halides is 3. The van der Waals surface area contributed by atoms with Crippen LogP contribution in [0, 0.1) is 0 Å². The van der Waals surface area contributed by atoms with E-state index in [9.17, 15) is 18.0 Å². The third kappa shape index (κ3) is 6.92. The molecule has 0 atom stereocenters. The van der Waals surface area contributed by atoms with Crippen molar-refractivity contribution in [1.82, 2.24) is 20.3 Å². The molecule has 1 N–H and O–H groups in total. The molecule has 3 rings (SSSR count). The van der Waals surface area contributed by atoms with E-state index in [2.05, 4.69) is 20.3 Å². The molecule has 6 nitrogen and oxygen atoms in total. The molecule has 0 aliphatic carbocycles. The molecule has 0 unspecified atom stereocenters. The van der Waals surface area contributed by atoms with E-state index in [4.69, 9.17) is 0 Å². The lowest BCUT2D eigenvalue weighted by atomic mass is 10.1. The SMILES string of the molecule is CCN(CC)c1cc(C(F)(F)F)nc(SCc2ccc(C(=O)NCc3ccccn3)cc2)n1. The van der Waals surface area contributed by atoms with Gasteiger partial charge in [0.2, 0.25) is 0 Å². The van der Waals surface area contributed by atoms with E-state index in [1.165, 1.54) is 0 Å². The first-order valence-electron chi connectivity index (χ1n) is 10.4. The molecule has 174 valence electrons. The number of halogens is 3. The zero-order valence-electron chi connectivity index (χ0n) is 18.3. The summed E-state index contributed by atoms with van der Waals surface area (Å²) in [5.74, 6) is 0.393. The van der Waals surface area contributed by atoms with Crippen LogP contribution in [0.2, 0.25) is 0 Å². The minimum atomic E-state index is -4.55. The molecule has 0 spiro atoms. The van der Waals surface area contributed by atoms with Gasteiger partial charge in [0.1, 0.15) is 5.82 Å². The lowest BCUT2D eigenvalue weighted by molar-refractivity contribution is -0.141. The first-order valence-corrected chi connectivity index (χ1v) is 11.4. The van der Waals surface area contributed by atoms with Crippen LogP contribution in [0.3, 0.4) is 0 Å². The molecule has 0 aliphatic rings. The number of amides is 1. The van der Waals surface area contributed by atoms with E-state index in [1.54, 1.807) is 41.4 Å². The molecule has 0 bridgehead atoms. The second kappa shape index (κ2) is 11.1. The van der Waals surface area contributed by atoms with E-state index < -0.39 is 11.9 Å². The number of aromatic nitrogens is 3. The highest BCUT2D eigenvalue weighted by molar-refractivity contribution is 7.98. The maximum absolute atomic E-state index is 13.3. The third-order valence-corrected chi connectivity index (χ3v) is 5.73. The number of anilines is 1. The van der Waals surface area contributed by atoms with Gasteiger partial charge >= 0.3 is 6.18 Å². The maximum Gasteiger partial charge on any atom is 0.433 e. The van der Waals surface area contributed by atoms with Crippen molar-refractivity contribution >= 4 is 23.5 Å². The first-order chi connectivity index (χ1) is 15.8. The van der Waals surface area contributed by atoms with Crippen LogP contribution in [0.25, 0.3) is 0 Å². The molecule has 10 heteroatoms. The Kier molecular flexibility index (Phi) is 8.26. The van der Waals surface area contributed by atoms with Gasteiger partial charge in [-0.3, -0.25) is 9.78 Å². The van der Waals surface area contributed by atoms with Crippen molar-refractivity contribution in [2.45, 2.75) is 37.5 Å². The highest BCUT2D eigenvalue weighted by Crippen LogP contribution is 2.32. The van der Waals surface area contributed by atoms with Crippen molar-refractivity contribution in [2.75, 3.05) is 18.0 Å². The lowest BCUT2D eigenvalue weighted by Gasteiger charge is -2.21. The Morgan fingerprint density at radius 2 is 1.79 bits per heavy atom. The minimum absolute atomic E-state index is 0.0592. The van der Waals surface area contributed by atoms with E-state index in [0.29, 0.717) is 31.0 Å². The Morgan fingerprint density at radius 1 is 1.06 bits per heavy atom. The van der Waals surface area contributed by atoms with Crippen LogP contribution in [0.15, 0.2) is 59.9 Å². The lowest BCUT2D eigenvalue weighted by Crippen LogP contribution is -2.24. The molecule has 0 saturated carbocycles. The highest BCUT2D eigenvalue weighted by atomic mass is 32.2. The van der Waals surface area contributed by atoms with Crippen molar-refractivity contribution in [3.8, 4) is 0 Å². The van der Waals surface area contributed by atoms with Gasteiger partial charge in [-0.2, -0.15) is 13.2 Å². The van der Waals surface area contributed by atoms with E-state index in [0.717, 1.165) is 29.1 Å². The number of hydrogen-bond acceptors (Lipinski definition) is 6. The first kappa shape index (κ1) is 24.5. The van der Waals surface area contributed by atoms with Gasteiger partial charge in [0.25, 0.3) is 5.91 Å². The van der Waals surface area contributed by atoms with Gasteiger partial charge in [-0.25, -0.2) is 9.97 Å². The Balaban J connectivity index is 1.65. The Labute approximate surface area is 194 Å². The van der Waals surface area contributed by atoms with Crippen LogP contribution in [-0.2, 0) is 18.5 Å². The van der Waals surface area contributed by atoms with E-state index >= 15 is 0 Å². The predicted octanol–water partition coefficient (Wildman–Crippen LogP) is 4.96.